The van der Waals surface area contributed by atoms with E-state index in [9.17, 15) is 4.79 Å². The number of furan rings is 1. The molecule has 0 saturated carbocycles. The van der Waals surface area contributed by atoms with E-state index in [0.717, 1.165) is 39.1 Å². The number of para-hydroxylation sites is 1. The second-order valence-electron chi connectivity index (χ2n) is 7.58. The van der Waals surface area contributed by atoms with Crippen LogP contribution in [0.5, 0.6) is 11.5 Å². The summed E-state index contributed by atoms with van der Waals surface area (Å²) in [6.07, 6.45) is 0. The van der Waals surface area contributed by atoms with Gasteiger partial charge in [0.15, 0.2) is 6.54 Å². The Morgan fingerprint density at radius 1 is 1.03 bits per heavy atom. The molecule has 1 heterocycles. The maximum atomic E-state index is 12.7. The van der Waals surface area contributed by atoms with Gasteiger partial charge in [0.2, 0.25) is 0 Å². The maximum absolute atomic E-state index is 12.7. The number of hydrogen-bond donors (Lipinski definition) is 2. The smallest absolute Gasteiger partial charge is 0.279 e. The molecule has 0 aliphatic carbocycles. The third-order valence-corrected chi connectivity index (χ3v) is 5.18. The zero-order valence-corrected chi connectivity index (χ0v) is 18.0. The topological polar surface area (TPSA) is 65.1 Å². The van der Waals surface area contributed by atoms with Gasteiger partial charge in [-0.25, -0.2) is 0 Å². The van der Waals surface area contributed by atoms with E-state index in [1.54, 1.807) is 7.11 Å². The number of fused-ring (bicyclic) bond motifs is 3. The molecule has 0 saturated heterocycles. The highest BCUT2D eigenvalue weighted by atomic mass is 16.5. The van der Waals surface area contributed by atoms with Gasteiger partial charge in [0, 0.05) is 22.4 Å². The van der Waals surface area contributed by atoms with Crippen molar-refractivity contribution in [1.82, 2.24) is 0 Å². The van der Waals surface area contributed by atoms with E-state index < -0.39 is 0 Å². The summed E-state index contributed by atoms with van der Waals surface area (Å²) >= 11 is 0. The lowest BCUT2D eigenvalue weighted by Crippen LogP contribution is -3.08. The molecule has 2 N–H and O–H groups in total. The largest absolute Gasteiger partial charge is 0.495 e. The van der Waals surface area contributed by atoms with Crippen LogP contribution in [0.25, 0.3) is 21.9 Å². The molecule has 0 fully saturated rings. The van der Waals surface area contributed by atoms with Crippen LogP contribution in [0.2, 0.25) is 0 Å². The summed E-state index contributed by atoms with van der Waals surface area (Å²) in [5.41, 5.74) is 3.28. The standard InChI is InChI=1S/C25H26N2O4/c1-4-30-18-11-9-17(10-12-18)15-27(2)16-25(28)26-21-14-23-20(13-24(21)29-3)19-7-5-6-8-22(19)31-23/h5-14H,4,15-16H2,1-3H3,(H,26,28)/p+1. The van der Waals surface area contributed by atoms with Crippen molar-refractivity contribution >= 4 is 33.5 Å². The number of rotatable bonds is 8. The Morgan fingerprint density at radius 2 is 1.81 bits per heavy atom. The first-order valence-corrected chi connectivity index (χ1v) is 10.4. The minimum atomic E-state index is -0.0859. The molecule has 1 unspecified atom stereocenters. The average Bonchev–Trinajstić information content (AvgIpc) is 3.12. The van der Waals surface area contributed by atoms with Gasteiger partial charge in [-0.05, 0) is 43.3 Å². The summed E-state index contributed by atoms with van der Waals surface area (Å²) in [4.78, 5) is 13.8. The summed E-state index contributed by atoms with van der Waals surface area (Å²) in [7, 11) is 3.60. The lowest BCUT2D eigenvalue weighted by atomic mass is 10.1. The van der Waals surface area contributed by atoms with Crippen molar-refractivity contribution in [3.63, 3.8) is 0 Å². The van der Waals surface area contributed by atoms with E-state index in [2.05, 4.69) is 5.32 Å². The van der Waals surface area contributed by atoms with E-state index in [-0.39, 0.29) is 5.91 Å². The molecule has 1 aromatic heterocycles. The number of carbonyl (C=O) groups is 1. The SMILES string of the molecule is CCOc1ccc(C[NH+](C)CC(=O)Nc2cc3oc4ccccc4c3cc2OC)cc1. The Kier molecular flexibility index (Phi) is 6.09. The van der Waals surface area contributed by atoms with Crippen LogP contribution in [0, 0.1) is 0 Å². The van der Waals surface area contributed by atoms with Crippen molar-refractivity contribution in [3.8, 4) is 11.5 Å². The van der Waals surface area contributed by atoms with Crippen LogP contribution < -0.4 is 19.7 Å². The normalized spacial score (nSPS) is 12.1. The van der Waals surface area contributed by atoms with Crippen molar-refractivity contribution in [2.75, 3.05) is 32.6 Å². The van der Waals surface area contributed by atoms with E-state index in [1.165, 1.54) is 0 Å². The number of benzene rings is 3. The van der Waals surface area contributed by atoms with E-state index in [0.29, 0.717) is 30.2 Å². The van der Waals surface area contributed by atoms with Crippen molar-refractivity contribution in [3.05, 3.63) is 66.2 Å². The molecular formula is C25H27N2O4+. The Labute approximate surface area is 181 Å². The van der Waals surface area contributed by atoms with Gasteiger partial charge < -0.3 is 24.1 Å². The van der Waals surface area contributed by atoms with Crippen LogP contribution in [0.4, 0.5) is 5.69 Å². The van der Waals surface area contributed by atoms with Gasteiger partial charge in [0.25, 0.3) is 5.91 Å². The summed E-state index contributed by atoms with van der Waals surface area (Å²) in [5, 5.41) is 4.96. The highest BCUT2D eigenvalue weighted by molar-refractivity contribution is 6.07. The van der Waals surface area contributed by atoms with Crippen LogP contribution in [0.15, 0.2) is 65.1 Å². The number of amides is 1. The molecular weight excluding hydrogens is 392 g/mol. The second-order valence-corrected chi connectivity index (χ2v) is 7.58. The van der Waals surface area contributed by atoms with Crippen molar-refractivity contribution in [2.24, 2.45) is 0 Å². The fraction of sp³-hybridized carbons (Fsp3) is 0.240. The number of methoxy groups -OCH3 is 1. The summed E-state index contributed by atoms with van der Waals surface area (Å²) in [6, 6.07) is 19.6. The molecule has 0 aliphatic heterocycles. The number of hydrogen-bond acceptors (Lipinski definition) is 4. The lowest BCUT2D eigenvalue weighted by Gasteiger charge is -2.15. The first kappa shape index (κ1) is 20.8. The zero-order chi connectivity index (χ0) is 21.8. The van der Waals surface area contributed by atoms with Gasteiger partial charge in [-0.3, -0.25) is 4.79 Å². The van der Waals surface area contributed by atoms with E-state index >= 15 is 0 Å². The van der Waals surface area contributed by atoms with Gasteiger partial charge in [-0.2, -0.15) is 0 Å². The molecule has 4 aromatic rings. The van der Waals surface area contributed by atoms with Crippen LogP contribution >= 0.6 is 0 Å². The quantitative estimate of drug-likeness (QED) is 0.458. The van der Waals surface area contributed by atoms with Crippen LogP contribution in [0.3, 0.4) is 0 Å². The summed E-state index contributed by atoms with van der Waals surface area (Å²) in [5.74, 6) is 1.38. The number of ether oxygens (including phenoxy) is 2. The molecule has 3 aromatic carbocycles. The maximum Gasteiger partial charge on any atom is 0.279 e. The molecule has 0 aliphatic rings. The molecule has 160 valence electrons. The number of quaternary nitrogens is 1. The van der Waals surface area contributed by atoms with Crippen molar-refractivity contribution in [2.45, 2.75) is 13.5 Å². The van der Waals surface area contributed by atoms with Gasteiger partial charge in [0.05, 0.1) is 26.5 Å². The number of carbonyl (C=O) groups excluding carboxylic acids is 1. The number of nitrogens with one attached hydrogen (secondary N) is 2. The highest BCUT2D eigenvalue weighted by Crippen LogP contribution is 2.36. The Balaban J connectivity index is 1.45. The number of anilines is 1. The van der Waals surface area contributed by atoms with Crippen molar-refractivity contribution in [1.29, 1.82) is 0 Å². The molecule has 4 rings (SSSR count). The first-order valence-electron chi connectivity index (χ1n) is 10.4. The monoisotopic (exact) mass is 419 g/mol. The second kappa shape index (κ2) is 9.10. The van der Waals surface area contributed by atoms with E-state index in [1.807, 2.05) is 74.6 Å². The molecule has 1 atom stereocenters. The van der Waals surface area contributed by atoms with Gasteiger partial charge in [-0.1, -0.05) is 18.2 Å². The fourth-order valence-corrected chi connectivity index (χ4v) is 3.77. The fourth-order valence-electron chi connectivity index (χ4n) is 3.77. The first-order chi connectivity index (χ1) is 15.1. The van der Waals surface area contributed by atoms with E-state index in [4.69, 9.17) is 13.9 Å². The average molecular weight is 420 g/mol. The highest BCUT2D eigenvalue weighted by Gasteiger charge is 2.16. The molecule has 6 nitrogen and oxygen atoms in total. The van der Waals surface area contributed by atoms with Gasteiger partial charge in [0.1, 0.15) is 29.2 Å². The van der Waals surface area contributed by atoms with Crippen molar-refractivity contribution < 1.29 is 23.6 Å². The predicted molar refractivity (Wildman–Crippen MR) is 122 cm³/mol. The summed E-state index contributed by atoms with van der Waals surface area (Å²) in [6.45, 7) is 3.67. The van der Waals surface area contributed by atoms with Gasteiger partial charge >= 0.3 is 0 Å². The molecule has 0 spiro atoms. The Morgan fingerprint density at radius 3 is 2.55 bits per heavy atom. The molecule has 0 radical (unpaired) electrons. The lowest BCUT2D eigenvalue weighted by molar-refractivity contribution is -0.885. The Hall–Kier alpha value is -3.51. The van der Waals surface area contributed by atoms with Gasteiger partial charge in [-0.15, -0.1) is 0 Å². The molecule has 31 heavy (non-hydrogen) atoms. The minimum Gasteiger partial charge on any atom is -0.495 e. The van der Waals surface area contributed by atoms with Crippen LogP contribution in [-0.2, 0) is 11.3 Å². The minimum absolute atomic E-state index is 0.0859. The third kappa shape index (κ3) is 4.64. The van der Waals surface area contributed by atoms with Crippen LogP contribution in [-0.4, -0.2) is 33.2 Å². The zero-order valence-electron chi connectivity index (χ0n) is 18.0. The van der Waals surface area contributed by atoms with Crippen LogP contribution in [0.1, 0.15) is 12.5 Å². The predicted octanol–water partition coefficient (Wildman–Crippen LogP) is 3.65. The summed E-state index contributed by atoms with van der Waals surface area (Å²) < 4.78 is 16.9. The Bertz CT molecular complexity index is 1200. The third-order valence-electron chi connectivity index (χ3n) is 5.18. The number of likely N-dealkylation sites (N-methyl/N-ethyl adjacent to an activating group) is 1. The molecule has 1 amide bonds. The molecule has 6 heteroatoms. The molecule has 0 bridgehead atoms.